The summed E-state index contributed by atoms with van der Waals surface area (Å²) in [6.45, 7) is 20.5. The standard InChI is InChI=1S/C20H33NO4Si.C17H14ClFN2O2/c1-12(2)19(22)21-18-11-16(9-10-17(18)20(23)24)25-26(13(3)4,14(5)6)15(7)8;1-9(2)16-20-15-8-11(22)4-5-12(15)17(23)21(16)10-3-6-13(18)14(19)7-10/h9-15H,1-8H3,(H,21,22)(H,23,24);3-9,22H,1-2H3. The molecule has 1 heterocycles. The molecule has 49 heavy (non-hydrogen) atoms. The molecule has 0 atom stereocenters. The lowest BCUT2D eigenvalue weighted by Crippen LogP contribution is -2.50. The highest BCUT2D eigenvalue weighted by Gasteiger charge is 2.47. The monoisotopic (exact) mass is 711 g/mol. The summed E-state index contributed by atoms with van der Waals surface area (Å²) in [4.78, 5) is 40.9. The van der Waals surface area contributed by atoms with Gasteiger partial charge in [0.2, 0.25) is 5.91 Å². The van der Waals surface area contributed by atoms with Crippen LogP contribution in [0.3, 0.4) is 0 Å². The molecule has 12 heteroatoms. The van der Waals surface area contributed by atoms with Crippen LogP contribution in [0.15, 0.2) is 59.4 Å². The molecule has 3 N–H and O–H groups in total. The Kier molecular flexibility index (Phi) is 12.8. The topological polar surface area (TPSA) is 131 Å². The van der Waals surface area contributed by atoms with Crippen molar-refractivity contribution in [1.82, 2.24) is 9.55 Å². The number of hydrogen-bond donors (Lipinski definition) is 3. The number of carboxylic acid groups (broad SMARTS) is 1. The van der Waals surface area contributed by atoms with Gasteiger partial charge in [0.05, 0.1) is 32.9 Å². The van der Waals surface area contributed by atoms with E-state index in [4.69, 9.17) is 16.0 Å². The number of anilines is 1. The highest BCUT2D eigenvalue weighted by Crippen LogP contribution is 2.43. The molecule has 0 aliphatic rings. The van der Waals surface area contributed by atoms with Crippen molar-refractivity contribution in [1.29, 1.82) is 0 Å². The van der Waals surface area contributed by atoms with Crippen molar-refractivity contribution in [3.63, 3.8) is 0 Å². The van der Waals surface area contributed by atoms with Crippen LogP contribution in [0.5, 0.6) is 11.5 Å². The Morgan fingerprint density at radius 3 is 2.02 bits per heavy atom. The van der Waals surface area contributed by atoms with Gasteiger partial charge in [-0.15, -0.1) is 0 Å². The molecule has 4 rings (SSSR count). The van der Waals surface area contributed by atoms with Crippen molar-refractivity contribution in [3.05, 3.63) is 87.2 Å². The molecule has 3 aromatic carbocycles. The van der Waals surface area contributed by atoms with E-state index in [2.05, 4.69) is 51.8 Å². The quantitative estimate of drug-likeness (QED) is 0.140. The number of aromatic nitrogens is 2. The molecule has 0 radical (unpaired) electrons. The number of rotatable bonds is 10. The van der Waals surface area contributed by atoms with Gasteiger partial charge >= 0.3 is 5.97 Å². The average molecular weight is 712 g/mol. The SMILES string of the molecule is CC(C)C(=O)Nc1cc(O[Si](C(C)C)(C(C)C)C(C)C)ccc1C(=O)O.CC(C)c1nc2cc(O)ccc2c(=O)n1-c1ccc(Cl)c(F)c1. The van der Waals surface area contributed by atoms with Crippen molar-refractivity contribution in [3.8, 4) is 17.2 Å². The van der Waals surface area contributed by atoms with Gasteiger partial charge in [-0.05, 0) is 59.1 Å². The predicted octanol–water partition coefficient (Wildman–Crippen LogP) is 9.54. The highest BCUT2D eigenvalue weighted by molar-refractivity contribution is 6.78. The molecule has 9 nitrogen and oxygen atoms in total. The van der Waals surface area contributed by atoms with Gasteiger partial charge in [0.1, 0.15) is 23.1 Å². The minimum Gasteiger partial charge on any atom is -0.543 e. The number of nitrogens with zero attached hydrogens (tertiary/aromatic N) is 2. The Balaban J connectivity index is 0.000000267. The highest BCUT2D eigenvalue weighted by atomic mass is 35.5. The summed E-state index contributed by atoms with van der Waals surface area (Å²) in [5, 5.41) is 22.1. The van der Waals surface area contributed by atoms with Crippen LogP contribution >= 0.6 is 11.6 Å². The number of benzene rings is 3. The van der Waals surface area contributed by atoms with Gasteiger partial charge in [-0.3, -0.25) is 14.2 Å². The van der Waals surface area contributed by atoms with Crippen LogP contribution in [-0.2, 0) is 4.79 Å². The largest absolute Gasteiger partial charge is 0.543 e. The molecule has 0 unspecified atom stereocenters. The number of carbonyl (C=O) groups is 2. The maximum absolute atomic E-state index is 13.8. The van der Waals surface area contributed by atoms with Crippen LogP contribution in [0, 0.1) is 11.7 Å². The third kappa shape index (κ3) is 8.69. The number of amides is 1. The van der Waals surface area contributed by atoms with Crippen LogP contribution in [0.4, 0.5) is 10.1 Å². The Bertz CT molecular complexity index is 1870. The molecule has 0 saturated heterocycles. The first-order valence-electron chi connectivity index (χ1n) is 16.4. The van der Waals surface area contributed by atoms with Gasteiger partial charge in [0, 0.05) is 24.0 Å². The lowest BCUT2D eigenvalue weighted by Gasteiger charge is -2.42. The van der Waals surface area contributed by atoms with E-state index in [0.29, 0.717) is 44.8 Å². The first kappa shape index (κ1) is 39.2. The van der Waals surface area contributed by atoms with E-state index in [1.165, 1.54) is 41.0 Å². The minimum atomic E-state index is -2.16. The molecule has 0 aliphatic heterocycles. The number of carboxylic acids is 1. The number of carbonyl (C=O) groups excluding carboxylic acids is 1. The van der Waals surface area contributed by atoms with E-state index in [9.17, 15) is 29.0 Å². The van der Waals surface area contributed by atoms with Gasteiger partial charge in [0.25, 0.3) is 13.9 Å². The van der Waals surface area contributed by atoms with E-state index >= 15 is 0 Å². The van der Waals surface area contributed by atoms with Gasteiger partial charge in [-0.25, -0.2) is 14.2 Å². The van der Waals surface area contributed by atoms with Gasteiger partial charge in [-0.2, -0.15) is 0 Å². The van der Waals surface area contributed by atoms with Crippen molar-refractivity contribution in [2.24, 2.45) is 5.92 Å². The zero-order valence-corrected chi connectivity index (χ0v) is 31.5. The number of aromatic carboxylic acids is 1. The van der Waals surface area contributed by atoms with Crippen LogP contribution in [0.25, 0.3) is 16.6 Å². The van der Waals surface area contributed by atoms with Crippen molar-refractivity contribution in [2.45, 2.75) is 91.8 Å². The third-order valence-electron chi connectivity index (χ3n) is 8.56. The van der Waals surface area contributed by atoms with Crippen LogP contribution in [0.2, 0.25) is 21.6 Å². The maximum Gasteiger partial charge on any atom is 0.337 e. The number of phenols is 1. The summed E-state index contributed by atoms with van der Waals surface area (Å²) >= 11 is 5.72. The van der Waals surface area contributed by atoms with E-state index in [1.807, 2.05) is 13.8 Å². The van der Waals surface area contributed by atoms with Crippen LogP contribution in [0.1, 0.15) is 91.3 Å². The second-order valence-electron chi connectivity index (χ2n) is 13.6. The summed E-state index contributed by atoms with van der Waals surface area (Å²) in [5.41, 5.74) is 2.00. The summed E-state index contributed by atoms with van der Waals surface area (Å²) in [7, 11) is -2.16. The number of phenolic OH excluding ortho intramolecular Hbond substituents is 1. The summed E-state index contributed by atoms with van der Waals surface area (Å²) in [6.07, 6.45) is 0. The van der Waals surface area contributed by atoms with Crippen molar-refractivity contribution >= 4 is 48.4 Å². The fourth-order valence-electron chi connectivity index (χ4n) is 6.16. The minimum absolute atomic E-state index is 0.00781. The molecule has 0 aliphatic carbocycles. The number of halogens is 2. The van der Waals surface area contributed by atoms with E-state index in [1.54, 1.807) is 32.0 Å². The molecule has 0 fully saturated rings. The predicted molar refractivity (Wildman–Crippen MR) is 197 cm³/mol. The molecule has 0 bridgehead atoms. The van der Waals surface area contributed by atoms with E-state index in [-0.39, 0.29) is 45.3 Å². The second-order valence-corrected chi connectivity index (χ2v) is 19.4. The number of aromatic hydroxyl groups is 1. The van der Waals surface area contributed by atoms with E-state index in [0.717, 1.165) is 0 Å². The van der Waals surface area contributed by atoms with Crippen LogP contribution < -0.4 is 15.3 Å². The summed E-state index contributed by atoms with van der Waals surface area (Å²) < 4.78 is 21.8. The van der Waals surface area contributed by atoms with Gasteiger partial charge < -0.3 is 20.0 Å². The molecule has 1 amide bonds. The third-order valence-corrected chi connectivity index (χ3v) is 14.9. The maximum atomic E-state index is 13.8. The fourth-order valence-corrected chi connectivity index (χ4v) is 11.5. The molecule has 0 spiro atoms. The zero-order chi connectivity index (χ0) is 37.0. The average Bonchev–Trinajstić information content (AvgIpc) is 3.00. The molecular formula is C37H47ClFN3O6Si. The smallest absolute Gasteiger partial charge is 0.337 e. The number of fused-ring (bicyclic) bond motifs is 1. The van der Waals surface area contributed by atoms with Crippen LogP contribution in [-0.4, -0.2) is 40.0 Å². The summed E-state index contributed by atoms with van der Waals surface area (Å²) in [5.74, 6) is -1.07. The molecule has 0 saturated carbocycles. The first-order valence-corrected chi connectivity index (χ1v) is 18.9. The Labute approximate surface area is 293 Å². The summed E-state index contributed by atoms with van der Waals surface area (Å²) in [6, 6.07) is 13.4. The van der Waals surface area contributed by atoms with Gasteiger partial charge in [-0.1, -0.05) is 80.8 Å². The van der Waals surface area contributed by atoms with Crippen molar-refractivity contribution in [2.75, 3.05) is 5.32 Å². The molecule has 1 aromatic heterocycles. The fraction of sp³-hybridized carbons (Fsp3) is 0.405. The first-order chi connectivity index (χ1) is 22.8. The normalized spacial score (nSPS) is 11.8. The Morgan fingerprint density at radius 2 is 1.51 bits per heavy atom. The lowest BCUT2D eigenvalue weighted by atomic mass is 10.1. The number of nitrogens with one attached hydrogen (secondary N) is 1. The lowest BCUT2D eigenvalue weighted by molar-refractivity contribution is -0.118. The molecular weight excluding hydrogens is 665 g/mol. The molecule has 264 valence electrons. The molecule has 4 aromatic rings. The number of hydrogen-bond acceptors (Lipinski definition) is 6. The van der Waals surface area contributed by atoms with Crippen molar-refractivity contribution < 1.29 is 28.6 Å². The second kappa shape index (κ2) is 16.0. The van der Waals surface area contributed by atoms with E-state index < -0.39 is 20.1 Å². The Morgan fingerprint density at radius 1 is 0.898 bits per heavy atom. The zero-order valence-electron chi connectivity index (χ0n) is 29.8. The van der Waals surface area contributed by atoms with Gasteiger partial charge in [0.15, 0.2) is 0 Å². The Hall–Kier alpha value is -4.22.